The molecule has 0 aliphatic rings. The first kappa shape index (κ1) is 21.2. The van der Waals surface area contributed by atoms with Gasteiger partial charge in [-0.05, 0) is 37.6 Å². The standard InChI is InChI=1S/C20H24N2O6/c1-13-5-6-16(11-17(13)22(24)25)20(23)21-14(2)15-7-8-18(19(12-15)27-4)28-10-9-26-3/h5-8,11-12,14H,9-10H2,1-4H3,(H,21,23)/t14-/m1/s1. The SMILES string of the molecule is COCCOc1ccc([C@@H](C)NC(=O)c2ccc(C)c([N+](=O)[O-])c2)cc1OC. The number of aryl methyl sites for hydroxylation is 1. The third-order valence-electron chi connectivity index (χ3n) is 4.25. The summed E-state index contributed by atoms with van der Waals surface area (Å²) >= 11 is 0. The Labute approximate surface area is 163 Å². The Morgan fingerprint density at radius 3 is 2.54 bits per heavy atom. The van der Waals surface area contributed by atoms with Crippen LogP contribution in [0.5, 0.6) is 11.5 Å². The Morgan fingerprint density at radius 2 is 1.89 bits per heavy atom. The highest BCUT2D eigenvalue weighted by Gasteiger charge is 2.18. The first-order valence-electron chi connectivity index (χ1n) is 8.73. The van der Waals surface area contributed by atoms with Gasteiger partial charge in [0.05, 0.1) is 24.7 Å². The van der Waals surface area contributed by atoms with Gasteiger partial charge in [-0.15, -0.1) is 0 Å². The lowest BCUT2D eigenvalue weighted by Crippen LogP contribution is -2.26. The van der Waals surface area contributed by atoms with Gasteiger partial charge in [0, 0.05) is 24.3 Å². The molecule has 0 bridgehead atoms. The summed E-state index contributed by atoms with van der Waals surface area (Å²) in [6.07, 6.45) is 0. The topological polar surface area (TPSA) is 99.9 Å². The van der Waals surface area contributed by atoms with Crippen LogP contribution in [0.3, 0.4) is 0 Å². The largest absolute Gasteiger partial charge is 0.493 e. The van der Waals surface area contributed by atoms with Gasteiger partial charge >= 0.3 is 0 Å². The van der Waals surface area contributed by atoms with Gasteiger partial charge in [0.2, 0.25) is 0 Å². The first-order chi connectivity index (χ1) is 13.4. The number of nitrogens with one attached hydrogen (secondary N) is 1. The van der Waals surface area contributed by atoms with Crippen LogP contribution in [0.2, 0.25) is 0 Å². The van der Waals surface area contributed by atoms with E-state index in [1.54, 1.807) is 38.3 Å². The van der Waals surface area contributed by atoms with Crippen molar-refractivity contribution in [1.29, 1.82) is 0 Å². The highest BCUT2D eigenvalue weighted by Crippen LogP contribution is 2.30. The number of carbonyl (C=O) groups is 1. The average Bonchev–Trinajstić information content (AvgIpc) is 2.68. The molecule has 0 heterocycles. The van der Waals surface area contributed by atoms with Gasteiger partial charge in [-0.2, -0.15) is 0 Å². The fourth-order valence-electron chi connectivity index (χ4n) is 2.62. The fourth-order valence-corrected chi connectivity index (χ4v) is 2.62. The van der Waals surface area contributed by atoms with E-state index in [4.69, 9.17) is 14.2 Å². The molecule has 8 nitrogen and oxygen atoms in total. The molecular formula is C20H24N2O6. The van der Waals surface area contributed by atoms with Crippen LogP contribution in [0.4, 0.5) is 5.69 Å². The predicted molar refractivity (Wildman–Crippen MR) is 104 cm³/mol. The van der Waals surface area contributed by atoms with Crippen LogP contribution < -0.4 is 14.8 Å². The number of hydrogen-bond donors (Lipinski definition) is 1. The van der Waals surface area contributed by atoms with Crippen molar-refractivity contribution in [2.24, 2.45) is 0 Å². The summed E-state index contributed by atoms with van der Waals surface area (Å²) in [7, 11) is 3.13. The lowest BCUT2D eigenvalue weighted by atomic mass is 10.1. The molecule has 2 aromatic carbocycles. The Hall–Kier alpha value is -3.13. The van der Waals surface area contributed by atoms with Gasteiger partial charge in [-0.1, -0.05) is 12.1 Å². The van der Waals surface area contributed by atoms with Crippen LogP contribution in [0.15, 0.2) is 36.4 Å². The molecule has 0 unspecified atom stereocenters. The van der Waals surface area contributed by atoms with E-state index in [0.29, 0.717) is 30.3 Å². The fraction of sp³-hybridized carbons (Fsp3) is 0.350. The molecule has 28 heavy (non-hydrogen) atoms. The second kappa shape index (κ2) is 9.70. The van der Waals surface area contributed by atoms with E-state index in [1.807, 2.05) is 13.0 Å². The Morgan fingerprint density at radius 1 is 1.14 bits per heavy atom. The zero-order chi connectivity index (χ0) is 20.7. The van der Waals surface area contributed by atoms with Crippen LogP contribution in [0.25, 0.3) is 0 Å². The number of amides is 1. The molecule has 0 aromatic heterocycles. The van der Waals surface area contributed by atoms with Crippen LogP contribution in [-0.2, 0) is 4.74 Å². The molecule has 0 aliphatic heterocycles. The third-order valence-corrected chi connectivity index (χ3v) is 4.25. The van der Waals surface area contributed by atoms with Gasteiger partial charge in [0.25, 0.3) is 11.6 Å². The second-order valence-electron chi connectivity index (χ2n) is 6.21. The molecule has 0 saturated carbocycles. The van der Waals surface area contributed by atoms with E-state index in [-0.39, 0.29) is 17.3 Å². The molecule has 0 aliphatic carbocycles. The van der Waals surface area contributed by atoms with Crippen LogP contribution >= 0.6 is 0 Å². The quantitative estimate of drug-likeness (QED) is 0.401. The zero-order valence-corrected chi connectivity index (χ0v) is 16.4. The number of hydrogen-bond acceptors (Lipinski definition) is 6. The highest BCUT2D eigenvalue weighted by molar-refractivity contribution is 5.95. The maximum absolute atomic E-state index is 12.5. The molecular weight excluding hydrogens is 364 g/mol. The summed E-state index contributed by atoms with van der Waals surface area (Å²) in [5.41, 5.74) is 1.46. The molecule has 1 N–H and O–H groups in total. The molecule has 0 spiro atoms. The van der Waals surface area contributed by atoms with Gasteiger partial charge < -0.3 is 19.5 Å². The monoisotopic (exact) mass is 388 g/mol. The molecule has 150 valence electrons. The Kier molecular flexibility index (Phi) is 7.34. The number of nitro benzene ring substituents is 1. The van der Waals surface area contributed by atoms with Crippen molar-refractivity contribution in [2.75, 3.05) is 27.4 Å². The molecule has 1 atom stereocenters. The van der Waals surface area contributed by atoms with Crippen molar-refractivity contribution in [3.05, 3.63) is 63.2 Å². The smallest absolute Gasteiger partial charge is 0.273 e. The van der Waals surface area contributed by atoms with E-state index in [0.717, 1.165) is 5.56 Å². The minimum atomic E-state index is -0.497. The van der Waals surface area contributed by atoms with Crippen molar-refractivity contribution < 1.29 is 23.9 Å². The second-order valence-corrected chi connectivity index (χ2v) is 6.21. The molecule has 1 amide bonds. The number of nitro groups is 1. The van der Waals surface area contributed by atoms with Gasteiger partial charge in [0.15, 0.2) is 11.5 Å². The van der Waals surface area contributed by atoms with Gasteiger partial charge in [0.1, 0.15) is 6.61 Å². The summed E-state index contributed by atoms with van der Waals surface area (Å²) in [6.45, 7) is 4.30. The number of rotatable bonds is 9. The Bertz CT molecular complexity index is 853. The predicted octanol–water partition coefficient (Wildman–Crippen LogP) is 3.43. The highest BCUT2D eigenvalue weighted by atomic mass is 16.6. The summed E-state index contributed by atoms with van der Waals surface area (Å²) in [5, 5.41) is 13.9. The number of nitrogens with zero attached hydrogens (tertiary/aromatic N) is 1. The number of methoxy groups -OCH3 is 2. The van der Waals surface area contributed by atoms with Crippen molar-refractivity contribution in [1.82, 2.24) is 5.32 Å². The van der Waals surface area contributed by atoms with E-state index in [9.17, 15) is 14.9 Å². The van der Waals surface area contributed by atoms with Crippen LogP contribution in [-0.4, -0.2) is 38.3 Å². The van der Waals surface area contributed by atoms with Gasteiger partial charge in [-0.3, -0.25) is 14.9 Å². The van der Waals surface area contributed by atoms with Crippen molar-refractivity contribution in [3.8, 4) is 11.5 Å². The lowest BCUT2D eigenvalue weighted by molar-refractivity contribution is -0.385. The van der Waals surface area contributed by atoms with Gasteiger partial charge in [-0.25, -0.2) is 0 Å². The van der Waals surface area contributed by atoms with Crippen molar-refractivity contribution in [2.45, 2.75) is 19.9 Å². The van der Waals surface area contributed by atoms with Crippen LogP contribution in [0.1, 0.15) is 34.5 Å². The maximum atomic E-state index is 12.5. The lowest BCUT2D eigenvalue weighted by Gasteiger charge is -2.17. The molecule has 0 radical (unpaired) electrons. The summed E-state index contributed by atoms with van der Waals surface area (Å²) in [5.74, 6) is 0.728. The Balaban J connectivity index is 2.13. The van der Waals surface area contributed by atoms with E-state index >= 15 is 0 Å². The third kappa shape index (κ3) is 5.20. The molecule has 2 rings (SSSR count). The number of carbonyl (C=O) groups excluding carboxylic acids is 1. The molecule has 2 aromatic rings. The summed E-state index contributed by atoms with van der Waals surface area (Å²) in [4.78, 5) is 23.1. The van der Waals surface area contributed by atoms with Crippen LogP contribution in [0, 0.1) is 17.0 Å². The van der Waals surface area contributed by atoms with Crippen molar-refractivity contribution in [3.63, 3.8) is 0 Å². The number of ether oxygens (including phenoxy) is 3. The summed E-state index contributed by atoms with van der Waals surface area (Å²) < 4.78 is 15.9. The van der Waals surface area contributed by atoms with E-state index in [2.05, 4.69) is 5.32 Å². The minimum absolute atomic E-state index is 0.0838. The minimum Gasteiger partial charge on any atom is -0.493 e. The normalized spacial score (nSPS) is 11.6. The summed E-state index contributed by atoms with van der Waals surface area (Å²) in [6, 6.07) is 9.45. The molecule has 0 saturated heterocycles. The van der Waals surface area contributed by atoms with E-state index < -0.39 is 10.8 Å². The first-order valence-corrected chi connectivity index (χ1v) is 8.73. The molecule has 0 fully saturated rings. The number of benzene rings is 2. The molecule has 8 heteroatoms. The zero-order valence-electron chi connectivity index (χ0n) is 16.4. The van der Waals surface area contributed by atoms with Crippen molar-refractivity contribution >= 4 is 11.6 Å². The average molecular weight is 388 g/mol. The maximum Gasteiger partial charge on any atom is 0.273 e. The van der Waals surface area contributed by atoms with E-state index in [1.165, 1.54) is 13.2 Å².